The van der Waals surface area contributed by atoms with Crippen molar-refractivity contribution in [2.24, 2.45) is 23.7 Å². The molecule has 3 heterocycles. The summed E-state index contributed by atoms with van der Waals surface area (Å²) >= 11 is 0. The molecule has 8 heteroatoms. The van der Waals surface area contributed by atoms with Gasteiger partial charge in [0.05, 0.1) is 59.5 Å². The highest BCUT2D eigenvalue weighted by Gasteiger charge is 2.46. The van der Waals surface area contributed by atoms with Crippen LogP contribution in [0.4, 0.5) is 0 Å². The van der Waals surface area contributed by atoms with Crippen LogP contribution in [-0.4, -0.2) is 69.3 Å². The van der Waals surface area contributed by atoms with E-state index in [0.29, 0.717) is 23.2 Å². The Kier molecular flexibility index (Phi) is 15.9. The van der Waals surface area contributed by atoms with Crippen LogP contribution in [0.5, 0.6) is 0 Å². The summed E-state index contributed by atoms with van der Waals surface area (Å²) in [5.74, 6) is 0.903. The van der Waals surface area contributed by atoms with Gasteiger partial charge in [0.15, 0.2) is 16.1 Å². The van der Waals surface area contributed by atoms with E-state index in [-0.39, 0.29) is 72.7 Å². The van der Waals surface area contributed by atoms with Gasteiger partial charge in [-0.2, -0.15) is 0 Å². The summed E-state index contributed by atoms with van der Waals surface area (Å²) in [4.78, 5) is 0.397. The van der Waals surface area contributed by atoms with Crippen molar-refractivity contribution >= 4 is 9.84 Å². The van der Waals surface area contributed by atoms with Gasteiger partial charge in [0.25, 0.3) is 0 Å². The van der Waals surface area contributed by atoms with Gasteiger partial charge in [0.1, 0.15) is 0 Å². The van der Waals surface area contributed by atoms with Crippen molar-refractivity contribution in [3.8, 4) is 0 Å². The van der Waals surface area contributed by atoms with E-state index in [1.54, 1.807) is 12.1 Å². The maximum Gasteiger partial charge on any atom is 0.178 e. The fourth-order valence-electron chi connectivity index (χ4n) is 8.19. The third kappa shape index (κ3) is 12.0. The van der Waals surface area contributed by atoms with Crippen molar-refractivity contribution in [2.45, 2.75) is 187 Å². The smallest absolute Gasteiger partial charge is 0.178 e. The van der Waals surface area contributed by atoms with Crippen LogP contribution in [0.1, 0.15) is 126 Å². The standard InChI is InChI=1S/C43H70O7S/c1-12-29(7)22-40-33(11)38(26-51(44,45)37-18-14-34(13-2)15-19-37)42(50-40)25-41-32(10)30(8)23-35(49-41)16-20-39-31(9)24-36(48-39)17-21-43(46-27(3)4)47-28(5)6/h14-15,18-19,27-30,33,35-36,38-43H,9-10,12-13,16-17,20-26H2,1-8,11H3/t29-,30+,33-,35+,36+,38-,39+,40-,41-,42+/m1/s1. The van der Waals surface area contributed by atoms with Gasteiger partial charge in [-0.05, 0) is 119 Å². The zero-order valence-corrected chi connectivity index (χ0v) is 34.1. The van der Waals surface area contributed by atoms with Gasteiger partial charge >= 0.3 is 0 Å². The van der Waals surface area contributed by atoms with Crippen LogP contribution >= 0.6 is 0 Å². The fraction of sp³-hybridized carbons (Fsp3) is 0.767. The van der Waals surface area contributed by atoms with E-state index >= 15 is 0 Å². The fourth-order valence-corrected chi connectivity index (χ4v) is 9.96. The molecule has 0 aromatic heterocycles. The second-order valence-electron chi connectivity index (χ2n) is 16.5. The Hall–Kier alpha value is -1.55. The van der Waals surface area contributed by atoms with Crippen molar-refractivity contribution in [2.75, 3.05) is 5.75 Å². The summed E-state index contributed by atoms with van der Waals surface area (Å²) in [6, 6.07) is 7.39. The Balaban J connectivity index is 1.38. The highest BCUT2D eigenvalue weighted by Crippen LogP contribution is 2.43. The molecule has 1 aromatic rings. The maximum atomic E-state index is 13.8. The first-order valence-electron chi connectivity index (χ1n) is 20.0. The van der Waals surface area contributed by atoms with Gasteiger partial charge in [-0.15, -0.1) is 0 Å². The van der Waals surface area contributed by atoms with E-state index < -0.39 is 9.84 Å². The van der Waals surface area contributed by atoms with Crippen molar-refractivity contribution < 1.29 is 32.1 Å². The van der Waals surface area contributed by atoms with Crippen LogP contribution in [-0.2, 0) is 39.9 Å². The molecule has 0 amide bonds. The molecule has 0 saturated carbocycles. The number of benzene rings is 1. The first-order chi connectivity index (χ1) is 24.1. The van der Waals surface area contributed by atoms with Crippen LogP contribution in [0.25, 0.3) is 0 Å². The molecule has 10 atom stereocenters. The summed E-state index contributed by atoms with van der Waals surface area (Å²) in [5.41, 5.74) is 3.38. The summed E-state index contributed by atoms with van der Waals surface area (Å²) in [6.45, 7) is 28.0. The van der Waals surface area contributed by atoms with E-state index in [0.717, 1.165) is 74.5 Å². The molecule has 3 saturated heterocycles. The van der Waals surface area contributed by atoms with Crippen LogP contribution in [0.3, 0.4) is 0 Å². The SMILES string of the molecule is C=C1C[C@H](CCC(OC(C)C)OC(C)C)O[C@H]1CC[C@H]1C[C@H](C)C(=C)[C@@H](C[C@@H]2O[C@H](C[C@H](C)CC)[C@H](C)[C@H]2CS(=O)(=O)c2ccc(CC)cc2)O1. The molecule has 0 N–H and O–H groups in total. The number of aryl methyl sites for hydroxylation is 1. The van der Waals surface area contributed by atoms with Crippen molar-refractivity contribution in [1.82, 2.24) is 0 Å². The van der Waals surface area contributed by atoms with Gasteiger partial charge in [-0.25, -0.2) is 8.42 Å². The summed E-state index contributed by atoms with van der Waals surface area (Å²) in [6.07, 6.45) is 8.55. The Morgan fingerprint density at radius 1 is 0.843 bits per heavy atom. The zero-order chi connectivity index (χ0) is 37.5. The first kappa shape index (κ1) is 42.2. The van der Waals surface area contributed by atoms with Crippen LogP contribution in [0.2, 0.25) is 0 Å². The molecule has 1 aromatic carbocycles. The third-order valence-corrected chi connectivity index (χ3v) is 13.4. The molecule has 51 heavy (non-hydrogen) atoms. The highest BCUT2D eigenvalue weighted by molar-refractivity contribution is 7.91. The van der Waals surface area contributed by atoms with E-state index in [2.05, 4.69) is 47.8 Å². The predicted molar refractivity (Wildman–Crippen MR) is 207 cm³/mol. The van der Waals surface area contributed by atoms with Crippen molar-refractivity contribution in [3.05, 3.63) is 54.1 Å². The molecule has 0 radical (unpaired) electrons. The number of ether oxygens (including phenoxy) is 5. The van der Waals surface area contributed by atoms with E-state index in [9.17, 15) is 8.42 Å². The average molecular weight is 731 g/mol. The molecular formula is C43H70O7S. The first-order valence-corrected chi connectivity index (χ1v) is 21.7. The van der Waals surface area contributed by atoms with E-state index in [1.807, 2.05) is 39.8 Å². The number of sulfone groups is 1. The minimum atomic E-state index is -3.50. The van der Waals surface area contributed by atoms with Crippen LogP contribution in [0, 0.1) is 23.7 Å². The summed E-state index contributed by atoms with van der Waals surface area (Å²) in [5, 5.41) is 0. The zero-order valence-electron chi connectivity index (χ0n) is 33.3. The third-order valence-electron chi connectivity index (χ3n) is 11.6. The Bertz CT molecular complexity index is 1340. The largest absolute Gasteiger partial charge is 0.374 e. The van der Waals surface area contributed by atoms with Crippen LogP contribution in [0.15, 0.2) is 53.5 Å². The lowest BCUT2D eigenvalue weighted by molar-refractivity contribution is -0.186. The molecule has 0 aliphatic carbocycles. The quantitative estimate of drug-likeness (QED) is 0.104. The summed E-state index contributed by atoms with van der Waals surface area (Å²) in [7, 11) is -3.50. The Labute approximate surface area is 311 Å². The molecule has 3 fully saturated rings. The second-order valence-corrected chi connectivity index (χ2v) is 18.6. The van der Waals surface area contributed by atoms with E-state index in [1.165, 1.54) is 0 Å². The van der Waals surface area contributed by atoms with Gasteiger partial charge in [0, 0.05) is 18.8 Å². The number of rotatable bonds is 19. The lowest BCUT2D eigenvalue weighted by Crippen LogP contribution is -2.38. The molecule has 4 rings (SSSR count). The topological polar surface area (TPSA) is 80.3 Å². The highest BCUT2D eigenvalue weighted by atomic mass is 32.2. The molecular weight excluding hydrogens is 661 g/mol. The lowest BCUT2D eigenvalue weighted by Gasteiger charge is -2.38. The van der Waals surface area contributed by atoms with Gasteiger partial charge in [0.2, 0.25) is 0 Å². The van der Waals surface area contributed by atoms with Crippen molar-refractivity contribution in [1.29, 1.82) is 0 Å². The van der Waals surface area contributed by atoms with Gasteiger partial charge in [-0.3, -0.25) is 0 Å². The monoisotopic (exact) mass is 730 g/mol. The molecule has 290 valence electrons. The molecule has 0 spiro atoms. The molecule has 3 aliphatic rings. The normalized spacial score (nSPS) is 31.0. The van der Waals surface area contributed by atoms with Crippen molar-refractivity contribution in [3.63, 3.8) is 0 Å². The van der Waals surface area contributed by atoms with Gasteiger partial charge < -0.3 is 23.7 Å². The molecule has 3 aliphatic heterocycles. The number of hydrogen-bond donors (Lipinski definition) is 0. The van der Waals surface area contributed by atoms with Crippen LogP contribution < -0.4 is 0 Å². The predicted octanol–water partition coefficient (Wildman–Crippen LogP) is 9.67. The molecule has 0 bridgehead atoms. The second kappa shape index (κ2) is 19.2. The van der Waals surface area contributed by atoms with E-state index in [4.69, 9.17) is 23.7 Å². The lowest BCUT2D eigenvalue weighted by atomic mass is 9.81. The Morgan fingerprint density at radius 3 is 2.10 bits per heavy atom. The molecule has 7 nitrogen and oxygen atoms in total. The summed E-state index contributed by atoms with van der Waals surface area (Å²) < 4.78 is 59.8. The maximum absolute atomic E-state index is 13.8. The minimum Gasteiger partial charge on any atom is -0.374 e. The average Bonchev–Trinajstić information content (AvgIpc) is 3.57. The Morgan fingerprint density at radius 2 is 1.49 bits per heavy atom. The minimum absolute atomic E-state index is 0.0225. The number of hydrogen-bond acceptors (Lipinski definition) is 7. The van der Waals surface area contributed by atoms with Gasteiger partial charge in [-0.1, -0.05) is 66.3 Å². The molecule has 0 unspecified atom stereocenters.